The van der Waals surface area contributed by atoms with Crippen LogP contribution in [0.3, 0.4) is 0 Å². The molecule has 1 N–H and O–H groups in total. The summed E-state index contributed by atoms with van der Waals surface area (Å²) < 4.78 is 51.7. The molecule has 3 rings (SSSR count). The lowest BCUT2D eigenvalue weighted by Gasteiger charge is -2.31. The summed E-state index contributed by atoms with van der Waals surface area (Å²) in [5.41, 5.74) is -0.937. The minimum Gasteiger partial charge on any atom is -0.307 e. The molecule has 2 aliphatic rings. The summed E-state index contributed by atoms with van der Waals surface area (Å²) in [6.45, 7) is 0.815. The number of hydrogen-bond donors (Lipinski definition) is 1. The van der Waals surface area contributed by atoms with Crippen molar-refractivity contribution < 1.29 is 17.6 Å². The van der Waals surface area contributed by atoms with E-state index in [1.54, 1.807) is 0 Å². The predicted octanol–water partition coefficient (Wildman–Crippen LogP) is 3.83. The van der Waals surface area contributed by atoms with Gasteiger partial charge in [-0.15, -0.1) is 0 Å². The molecule has 0 aromatic heterocycles. The molecule has 1 nitrogen and oxygen atoms in total. The summed E-state index contributed by atoms with van der Waals surface area (Å²) in [6.07, 6.45) is -0.781. The van der Waals surface area contributed by atoms with Gasteiger partial charge >= 0.3 is 6.18 Å². The minimum absolute atomic E-state index is 0.367. The van der Waals surface area contributed by atoms with Crippen LogP contribution in [0.15, 0.2) is 18.2 Å². The van der Waals surface area contributed by atoms with Crippen LogP contribution < -0.4 is 5.32 Å². The summed E-state index contributed by atoms with van der Waals surface area (Å²) in [4.78, 5) is 0. The van der Waals surface area contributed by atoms with Gasteiger partial charge in [0, 0.05) is 5.54 Å². The Kier molecular flexibility index (Phi) is 2.85. The van der Waals surface area contributed by atoms with Crippen molar-refractivity contribution >= 4 is 0 Å². The Hall–Kier alpha value is -1.10. The Morgan fingerprint density at radius 2 is 1.95 bits per heavy atom. The maximum atomic E-state index is 13.4. The van der Waals surface area contributed by atoms with Crippen LogP contribution in [0.2, 0.25) is 0 Å². The number of hydrogen-bond acceptors (Lipinski definition) is 1. The first-order valence-corrected chi connectivity index (χ1v) is 6.56. The van der Waals surface area contributed by atoms with E-state index in [0.717, 1.165) is 44.4 Å². The van der Waals surface area contributed by atoms with E-state index in [0.29, 0.717) is 11.5 Å². The van der Waals surface area contributed by atoms with Gasteiger partial charge in [0.05, 0.1) is 5.56 Å². The van der Waals surface area contributed by atoms with E-state index in [4.69, 9.17) is 0 Å². The molecule has 1 atom stereocenters. The zero-order valence-electron chi connectivity index (χ0n) is 10.4. The first-order valence-electron chi connectivity index (χ1n) is 6.56. The van der Waals surface area contributed by atoms with Crippen LogP contribution in [0.4, 0.5) is 17.6 Å². The predicted molar refractivity (Wildman–Crippen MR) is 63.0 cm³/mol. The van der Waals surface area contributed by atoms with Gasteiger partial charge in [0.15, 0.2) is 0 Å². The van der Waals surface area contributed by atoms with Crippen LogP contribution in [0.1, 0.15) is 36.8 Å². The maximum Gasteiger partial charge on any atom is 0.419 e. The van der Waals surface area contributed by atoms with Gasteiger partial charge in [-0.05, 0) is 55.8 Å². The van der Waals surface area contributed by atoms with E-state index in [1.165, 1.54) is 6.07 Å². The fourth-order valence-corrected chi connectivity index (χ4v) is 3.19. The third kappa shape index (κ3) is 2.14. The summed E-state index contributed by atoms with van der Waals surface area (Å²) in [6, 6.07) is 3.44. The van der Waals surface area contributed by atoms with Crippen molar-refractivity contribution in [3.63, 3.8) is 0 Å². The average Bonchev–Trinajstić information content (AvgIpc) is 3.08. The highest BCUT2D eigenvalue weighted by Gasteiger charge is 2.48. The maximum absolute atomic E-state index is 13.4. The molecule has 2 fully saturated rings. The second kappa shape index (κ2) is 4.20. The fourth-order valence-electron chi connectivity index (χ4n) is 3.19. The number of rotatable bonds is 2. The lowest BCUT2D eigenvalue weighted by molar-refractivity contribution is -0.140. The van der Waals surface area contributed by atoms with Crippen LogP contribution in [-0.4, -0.2) is 6.54 Å². The summed E-state index contributed by atoms with van der Waals surface area (Å²) >= 11 is 0. The molecule has 0 bridgehead atoms. The van der Waals surface area contributed by atoms with Gasteiger partial charge in [-0.3, -0.25) is 0 Å². The number of benzene rings is 1. The Morgan fingerprint density at radius 3 is 2.47 bits per heavy atom. The van der Waals surface area contributed by atoms with E-state index in [-0.39, 0.29) is 5.54 Å². The molecule has 1 aliphatic carbocycles. The summed E-state index contributed by atoms with van der Waals surface area (Å²) in [7, 11) is 0. The highest BCUT2D eigenvalue weighted by molar-refractivity contribution is 5.35. The second-order valence-corrected chi connectivity index (χ2v) is 5.47. The standard InChI is InChI=1S/C14H15F4N/c15-12-5-4-10(8-11(12)14(16,17)18)13(9-2-3-9)6-1-7-19-13/h4-5,8-9,19H,1-3,6-7H2. The molecule has 19 heavy (non-hydrogen) atoms. The van der Waals surface area contributed by atoms with E-state index in [1.807, 2.05) is 0 Å². The molecule has 1 saturated carbocycles. The highest BCUT2D eigenvalue weighted by Crippen LogP contribution is 2.50. The molecule has 1 saturated heterocycles. The molecule has 0 radical (unpaired) electrons. The number of halogens is 4. The molecule has 1 heterocycles. The average molecular weight is 273 g/mol. The van der Waals surface area contributed by atoms with Crippen LogP contribution >= 0.6 is 0 Å². The molecule has 1 unspecified atom stereocenters. The first kappa shape index (κ1) is 12.9. The first-order chi connectivity index (χ1) is 8.93. The van der Waals surface area contributed by atoms with Gasteiger partial charge in [-0.25, -0.2) is 4.39 Å². The van der Waals surface area contributed by atoms with E-state index in [2.05, 4.69) is 5.32 Å². The van der Waals surface area contributed by atoms with Crippen molar-refractivity contribution in [2.24, 2.45) is 5.92 Å². The lowest BCUT2D eigenvalue weighted by Crippen LogP contribution is -2.39. The normalized spacial score (nSPS) is 27.8. The van der Waals surface area contributed by atoms with Gasteiger partial charge in [-0.2, -0.15) is 13.2 Å². The Bertz CT molecular complexity index is 485. The van der Waals surface area contributed by atoms with Crippen molar-refractivity contribution in [2.75, 3.05) is 6.54 Å². The smallest absolute Gasteiger partial charge is 0.307 e. The Balaban J connectivity index is 2.05. The zero-order chi connectivity index (χ0) is 13.7. The molecular formula is C14H15F4N. The van der Waals surface area contributed by atoms with Gasteiger partial charge in [0.1, 0.15) is 5.82 Å². The Morgan fingerprint density at radius 1 is 1.21 bits per heavy atom. The monoisotopic (exact) mass is 273 g/mol. The zero-order valence-corrected chi connectivity index (χ0v) is 10.4. The van der Waals surface area contributed by atoms with Crippen LogP contribution in [0, 0.1) is 11.7 Å². The van der Waals surface area contributed by atoms with Crippen LogP contribution in [-0.2, 0) is 11.7 Å². The topological polar surface area (TPSA) is 12.0 Å². The summed E-state index contributed by atoms with van der Waals surface area (Å²) in [5.74, 6) is -0.804. The van der Waals surface area contributed by atoms with Gasteiger partial charge in [-0.1, -0.05) is 6.07 Å². The minimum atomic E-state index is -4.64. The van der Waals surface area contributed by atoms with Gasteiger partial charge in [0.25, 0.3) is 0 Å². The van der Waals surface area contributed by atoms with E-state index < -0.39 is 17.6 Å². The molecule has 1 aliphatic heterocycles. The van der Waals surface area contributed by atoms with Crippen molar-refractivity contribution in [3.05, 3.63) is 35.1 Å². The summed E-state index contributed by atoms with van der Waals surface area (Å²) in [5, 5.41) is 3.36. The Labute approximate surface area is 109 Å². The van der Waals surface area contributed by atoms with Crippen LogP contribution in [0.25, 0.3) is 0 Å². The molecular weight excluding hydrogens is 258 g/mol. The van der Waals surface area contributed by atoms with Crippen molar-refractivity contribution in [1.82, 2.24) is 5.32 Å². The van der Waals surface area contributed by atoms with Crippen molar-refractivity contribution in [2.45, 2.75) is 37.4 Å². The number of alkyl halides is 3. The van der Waals surface area contributed by atoms with Crippen molar-refractivity contribution in [3.8, 4) is 0 Å². The van der Waals surface area contributed by atoms with Crippen molar-refractivity contribution in [1.29, 1.82) is 0 Å². The molecule has 1 aromatic carbocycles. The third-order valence-electron chi connectivity index (χ3n) is 4.25. The van der Waals surface area contributed by atoms with Crippen LogP contribution in [0.5, 0.6) is 0 Å². The van der Waals surface area contributed by atoms with E-state index in [9.17, 15) is 17.6 Å². The largest absolute Gasteiger partial charge is 0.419 e. The molecule has 1 aromatic rings. The van der Waals surface area contributed by atoms with Gasteiger partial charge in [0.2, 0.25) is 0 Å². The quantitative estimate of drug-likeness (QED) is 0.807. The molecule has 5 heteroatoms. The molecule has 104 valence electrons. The van der Waals surface area contributed by atoms with E-state index >= 15 is 0 Å². The molecule has 0 amide bonds. The fraction of sp³-hybridized carbons (Fsp3) is 0.571. The SMILES string of the molecule is Fc1ccc(C2(C3CC3)CCCN2)cc1C(F)(F)F. The third-order valence-corrected chi connectivity index (χ3v) is 4.25. The lowest BCUT2D eigenvalue weighted by atomic mass is 9.83. The number of nitrogens with one attached hydrogen (secondary N) is 1. The second-order valence-electron chi connectivity index (χ2n) is 5.47. The molecule has 0 spiro atoms. The highest BCUT2D eigenvalue weighted by atomic mass is 19.4. The van der Waals surface area contributed by atoms with Gasteiger partial charge < -0.3 is 5.32 Å².